The molecule has 0 aromatic heterocycles. The topological polar surface area (TPSA) is 40.5 Å². The van der Waals surface area contributed by atoms with E-state index in [1.165, 1.54) is 12.1 Å². The van der Waals surface area contributed by atoms with Crippen LogP contribution in [-0.2, 0) is 11.3 Å². The highest BCUT2D eigenvalue weighted by Crippen LogP contribution is 2.19. The van der Waals surface area contributed by atoms with Crippen LogP contribution in [0.25, 0.3) is 0 Å². The van der Waals surface area contributed by atoms with Crippen LogP contribution in [0.15, 0.2) is 24.3 Å². The van der Waals surface area contributed by atoms with Crippen molar-refractivity contribution >= 4 is 5.97 Å². The molecule has 96 valence electrons. The first-order valence-corrected chi connectivity index (χ1v) is 5.27. The SMILES string of the molecule is C#CCN(CC(=O)O)Cc1ccc(C(F)F)cc1. The second-order valence-electron chi connectivity index (χ2n) is 3.79. The number of aliphatic carboxylic acids is 1. The van der Waals surface area contributed by atoms with Crippen LogP contribution < -0.4 is 0 Å². The summed E-state index contributed by atoms with van der Waals surface area (Å²) >= 11 is 0. The lowest BCUT2D eigenvalue weighted by atomic mass is 10.1. The van der Waals surface area contributed by atoms with Crippen molar-refractivity contribution in [2.24, 2.45) is 0 Å². The first kappa shape index (κ1) is 14.1. The van der Waals surface area contributed by atoms with Gasteiger partial charge in [-0.15, -0.1) is 6.42 Å². The summed E-state index contributed by atoms with van der Waals surface area (Å²) in [6.45, 7) is 0.337. The predicted octanol–water partition coefficient (Wildman–Crippen LogP) is 2.14. The minimum absolute atomic E-state index is 0.0551. The zero-order chi connectivity index (χ0) is 13.5. The summed E-state index contributed by atoms with van der Waals surface area (Å²) in [5.41, 5.74) is 0.691. The molecule has 0 atom stereocenters. The Balaban J connectivity index is 2.69. The minimum atomic E-state index is -2.50. The van der Waals surface area contributed by atoms with E-state index < -0.39 is 12.4 Å². The average Bonchev–Trinajstić information content (AvgIpc) is 2.29. The van der Waals surface area contributed by atoms with Crippen molar-refractivity contribution in [2.45, 2.75) is 13.0 Å². The van der Waals surface area contributed by atoms with E-state index in [2.05, 4.69) is 5.92 Å². The zero-order valence-electron chi connectivity index (χ0n) is 9.64. The van der Waals surface area contributed by atoms with Crippen molar-refractivity contribution in [2.75, 3.05) is 13.1 Å². The molecule has 5 heteroatoms. The van der Waals surface area contributed by atoms with Gasteiger partial charge in [-0.3, -0.25) is 9.69 Å². The third kappa shape index (κ3) is 4.52. The lowest BCUT2D eigenvalue weighted by Gasteiger charge is -2.17. The van der Waals surface area contributed by atoms with E-state index in [9.17, 15) is 13.6 Å². The Morgan fingerprint density at radius 3 is 2.44 bits per heavy atom. The van der Waals surface area contributed by atoms with Crippen molar-refractivity contribution in [1.29, 1.82) is 0 Å². The smallest absolute Gasteiger partial charge is 0.317 e. The highest BCUT2D eigenvalue weighted by Gasteiger charge is 2.10. The van der Waals surface area contributed by atoms with Crippen LogP contribution in [0.4, 0.5) is 8.78 Å². The number of carbonyl (C=O) groups is 1. The highest BCUT2D eigenvalue weighted by atomic mass is 19.3. The van der Waals surface area contributed by atoms with E-state index >= 15 is 0 Å². The molecule has 0 aliphatic carbocycles. The Labute approximate surface area is 104 Å². The van der Waals surface area contributed by atoms with Gasteiger partial charge in [-0.1, -0.05) is 30.2 Å². The van der Waals surface area contributed by atoms with Crippen LogP contribution >= 0.6 is 0 Å². The summed E-state index contributed by atoms with van der Waals surface area (Å²) in [4.78, 5) is 12.2. The van der Waals surface area contributed by atoms with Gasteiger partial charge in [0.05, 0.1) is 13.1 Å². The molecule has 0 amide bonds. The van der Waals surface area contributed by atoms with E-state index in [1.54, 1.807) is 17.0 Å². The fourth-order valence-corrected chi connectivity index (χ4v) is 1.51. The van der Waals surface area contributed by atoms with Gasteiger partial charge >= 0.3 is 5.97 Å². The maximum atomic E-state index is 12.3. The molecule has 0 aliphatic rings. The maximum absolute atomic E-state index is 12.3. The largest absolute Gasteiger partial charge is 0.480 e. The number of halogens is 2. The standard InChI is InChI=1S/C13H13F2NO2/c1-2-7-16(9-12(17)18)8-10-3-5-11(6-4-10)13(14)15/h1,3-6,13H,7-9H2,(H,17,18). The van der Waals surface area contributed by atoms with Crippen molar-refractivity contribution in [3.63, 3.8) is 0 Å². The molecule has 0 unspecified atom stereocenters. The molecule has 1 aromatic rings. The number of carboxylic acid groups (broad SMARTS) is 1. The van der Waals surface area contributed by atoms with Crippen molar-refractivity contribution in [3.05, 3.63) is 35.4 Å². The number of alkyl halides is 2. The molecule has 0 saturated carbocycles. The van der Waals surface area contributed by atoms with Gasteiger partial charge < -0.3 is 5.11 Å². The van der Waals surface area contributed by atoms with Crippen molar-refractivity contribution < 1.29 is 18.7 Å². The summed E-state index contributed by atoms with van der Waals surface area (Å²) in [6, 6.07) is 5.75. The Hall–Kier alpha value is -1.93. The Morgan fingerprint density at radius 2 is 2.00 bits per heavy atom. The molecule has 1 rings (SSSR count). The van der Waals surface area contributed by atoms with Crippen molar-refractivity contribution in [3.8, 4) is 12.3 Å². The first-order valence-electron chi connectivity index (χ1n) is 5.27. The van der Waals surface area contributed by atoms with Crippen LogP contribution in [0.2, 0.25) is 0 Å². The van der Waals surface area contributed by atoms with Gasteiger partial charge in [0.1, 0.15) is 0 Å². The molecule has 0 aliphatic heterocycles. The van der Waals surface area contributed by atoms with Crippen molar-refractivity contribution in [1.82, 2.24) is 4.90 Å². The quantitative estimate of drug-likeness (QED) is 0.790. The molecule has 18 heavy (non-hydrogen) atoms. The number of rotatable bonds is 6. The molecule has 1 aromatic carbocycles. The summed E-state index contributed by atoms with van der Waals surface area (Å²) in [6.07, 6.45) is 2.64. The average molecular weight is 253 g/mol. The van der Waals surface area contributed by atoms with Gasteiger partial charge in [0, 0.05) is 12.1 Å². The van der Waals surface area contributed by atoms with Crippen LogP contribution in [0.1, 0.15) is 17.6 Å². The second kappa shape index (κ2) is 6.72. The lowest BCUT2D eigenvalue weighted by Crippen LogP contribution is -2.29. The Bertz CT molecular complexity index is 437. The molecule has 0 saturated heterocycles. The predicted molar refractivity (Wildman–Crippen MR) is 63.1 cm³/mol. The molecule has 1 N–H and O–H groups in total. The van der Waals surface area contributed by atoms with Gasteiger partial charge in [0.15, 0.2) is 0 Å². The van der Waals surface area contributed by atoms with Gasteiger partial charge in [0.25, 0.3) is 6.43 Å². The summed E-state index contributed by atoms with van der Waals surface area (Å²) < 4.78 is 24.7. The molecular weight excluding hydrogens is 240 g/mol. The summed E-state index contributed by atoms with van der Waals surface area (Å²) in [5.74, 6) is 1.39. The summed E-state index contributed by atoms with van der Waals surface area (Å²) in [7, 11) is 0. The number of benzene rings is 1. The molecule has 3 nitrogen and oxygen atoms in total. The fourth-order valence-electron chi connectivity index (χ4n) is 1.51. The molecule has 0 bridgehead atoms. The monoisotopic (exact) mass is 253 g/mol. The van der Waals surface area contributed by atoms with Crippen LogP contribution in [0, 0.1) is 12.3 Å². The zero-order valence-corrected chi connectivity index (χ0v) is 9.64. The number of nitrogens with zero attached hydrogens (tertiary/aromatic N) is 1. The first-order chi connectivity index (χ1) is 8.52. The van der Waals surface area contributed by atoms with E-state index in [1.807, 2.05) is 0 Å². The van der Waals surface area contributed by atoms with Gasteiger partial charge in [-0.05, 0) is 5.56 Å². The second-order valence-corrected chi connectivity index (χ2v) is 3.79. The number of hydrogen-bond donors (Lipinski definition) is 1. The minimum Gasteiger partial charge on any atom is -0.480 e. The number of hydrogen-bond acceptors (Lipinski definition) is 2. The van der Waals surface area contributed by atoms with Crippen LogP contribution in [-0.4, -0.2) is 29.1 Å². The maximum Gasteiger partial charge on any atom is 0.317 e. The highest BCUT2D eigenvalue weighted by molar-refractivity contribution is 5.69. The van der Waals surface area contributed by atoms with Crippen LogP contribution in [0.5, 0.6) is 0 Å². The molecule has 0 radical (unpaired) electrons. The van der Waals surface area contributed by atoms with Gasteiger partial charge in [-0.25, -0.2) is 8.78 Å². The van der Waals surface area contributed by atoms with E-state index in [-0.39, 0.29) is 18.7 Å². The van der Waals surface area contributed by atoms with E-state index in [0.717, 1.165) is 5.56 Å². The summed E-state index contributed by atoms with van der Waals surface area (Å²) in [5, 5.41) is 8.70. The molecule has 0 fully saturated rings. The van der Waals surface area contributed by atoms with E-state index in [0.29, 0.717) is 6.54 Å². The third-order valence-corrected chi connectivity index (χ3v) is 2.31. The Morgan fingerprint density at radius 1 is 1.39 bits per heavy atom. The molecule has 0 heterocycles. The third-order valence-electron chi connectivity index (χ3n) is 2.31. The Kier molecular flexibility index (Phi) is 5.28. The fraction of sp³-hybridized carbons (Fsp3) is 0.308. The normalized spacial score (nSPS) is 10.6. The van der Waals surface area contributed by atoms with E-state index in [4.69, 9.17) is 11.5 Å². The number of carboxylic acids is 1. The van der Waals surface area contributed by atoms with Crippen LogP contribution in [0.3, 0.4) is 0 Å². The number of terminal acetylenes is 1. The lowest BCUT2D eigenvalue weighted by molar-refractivity contribution is -0.138. The molecule has 0 spiro atoms. The molecular formula is C13H13F2NO2. The van der Waals surface area contributed by atoms with Gasteiger partial charge in [0.2, 0.25) is 0 Å². The van der Waals surface area contributed by atoms with Gasteiger partial charge in [-0.2, -0.15) is 0 Å².